The van der Waals surface area contributed by atoms with E-state index in [1.807, 2.05) is 5.38 Å². The number of carbonyl (C=O) groups excluding carboxylic acids is 1. The van der Waals surface area contributed by atoms with Crippen molar-refractivity contribution in [3.05, 3.63) is 11.1 Å². The second-order valence-corrected chi connectivity index (χ2v) is 6.43. The second-order valence-electron chi connectivity index (χ2n) is 5.57. The van der Waals surface area contributed by atoms with Crippen molar-refractivity contribution >= 4 is 22.4 Å². The lowest BCUT2D eigenvalue weighted by Gasteiger charge is -2.30. The van der Waals surface area contributed by atoms with Gasteiger partial charge >= 0.3 is 5.97 Å². The van der Waals surface area contributed by atoms with Crippen LogP contribution in [0.15, 0.2) is 5.38 Å². The van der Waals surface area contributed by atoms with Crippen molar-refractivity contribution in [1.29, 1.82) is 0 Å². The average molecular weight is 313 g/mol. The van der Waals surface area contributed by atoms with Gasteiger partial charge in [-0.05, 0) is 27.7 Å². The molecule has 5 nitrogen and oxygen atoms in total. The third-order valence-corrected chi connectivity index (χ3v) is 4.19. The monoisotopic (exact) mass is 313 g/mol. The smallest absolute Gasteiger partial charge is 0.305 e. The molecule has 0 radical (unpaired) electrons. The summed E-state index contributed by atoms with van der Waals surface area (Å²) in [6, 6.07) is 1.08. The first-order chi connectivity index (χ1) is 9.93. The SMILES string of the molecule is COC(=O)CCc1csc(NCCN(C(C)C)C(C)C)n1. The van der Waals surface area contributed by atoms with E-state index in [4.69, 9.17) is 0 Å². The van der Waals surface area contributed by atoms with Gasteiger partial charge in [-0.2, -0.15) is 0 Å². The van der Waals surface area contributed by atoms with Crippen LogP contribution in [0.2, 0.25) is 0 Å². The van der Waals surface area contributed by atoms with Crippen LogP contribution in [0.4, 0.5) is 5.13 Å². The van der Waals surface area contributed by atoms with E-state index in [2.05, 4.69) is 47.6 Å². The van der Waals surface area contributed by atoms with E-state index in [9.17, 15) is 4.79 Å². The summed E-state index contributed by atoms with van der Waals surface area (Å²) in [5, 5.41) is 6.27. The third-order valence-electron chi connectivity index (χ3n) is 3.34. The zero-order chi connectivity index (χ0) is 15.8. The molecule has 6 heteroatoms. The molecule has 1 aromatic heterocycles. The minimum absolute atomic E-state index is 0.193. The Hall–Kier alpha value is -1.14. The molecule has 0 unspecified atom stereocenters. The highest BCUT2D eigenvalue weighted by Crippen LogP contribution is 2.16. The van der Waals surface area contributed by atoms with Gasteiger partial charge in [0.15, 0.2) is 5.13 Å². The summed E-state index contributed by atoms with van der Waals surface area (Å²) in [7, 11) is 1.41. The molecule has 0 fully saturated rings. The predicted octanol–water partition coefficient (Wildman–Crippen LogP) is 2.78. The number of thiazole rings is 1. The molecule has 1 aromatic rings. The fraction of sp³-hybridized carbons (Fsp3) is 0.733. The number of hydrogen-bond acceptors (Lipinski definition) is 6. The zero-order valence-corrected chi connectivity index (χ0v) is 14.5. The van der Waals surface area contributed by atoms with E-state index < -0.39 is 0 Å². The summed E-state index contributed by atoms with van der Waals surface area (Å²) in [5.41, 5.74) is 0.942. The highest BCUT2D eigenvalue weighted by atomic mass is 32.1. The summed E-state index contributed by atoms with van der Waals surface area (Å²) >= 11 is 1.58. The number of carbonyl (C=O) groups is 1. The van der Waals surface area contributed by atoms with Crippen LogP contribution in [0, 0.1) is 0 Å². The summed E-state index contributed by atoms with van der Waals surface area (Å²) < 4.78 is 4.63. The predicted molar refractivity (Wildman–Crippen MR) is 87.9 cm³/mol. The lowest BCUT2D eigenvalue weighted by atomic mass is 10.2. The van der Waals surface area contributed by atoms with E-state index in [-0.39, 0.29) is 5.97 Å². The van der Waals surface area contributed by atoms with Gasteiger partial charge in [0.25, 0.3) is 0 Å². The van der Waals surface area contributed by atoms with Crippen molar-refractivity contribution in [2.75, 3.05) is 25.5 Å². The van der Waals surface area contributed by atoms with Crippen LogP contribution in [0.1, 0.15) is 39.8 Å². The molecular weight excluding hydrogens is 286 g/mol. The molecule has 0 saturated carbocycles. The Labute approximate surface area is 131 Å². The summed E-state index contributed by atoms with van der Waals surface area (Å²) in [5.74, 6) is -0.193. The molecule has 0 atom stereocenters. The molecule has 1 rings (SSSR count). The number of ether oxygens (including phenoxy) is 1. The van der Waals surface area contributed by atoms with Crippen LogP contribution in [0.5, 0.6) is 0 Å². The number of hydrogen-bond donors (Lipinski definition) is 1. The van der Waals surface area contributed by atoms with E-state index in [0.29, 0.717) is 24.9 Å². The number of methoxy groups -OCH3 is 1. The number of aryl methyl sites for hydroxylation is 1. The second kappa shape index (κ2) is 9.00. The maximum Gasteiger partial charge on any atom is 0.305 e. The Bertz CT molecular complexity index is 424. The van der Waals surface area contributed by atoms with E-state index in [1.54, 1.807) is 11.3 Å². The van der Waals surface area contributed by atoms with Crippen molar-refractivity contribution < 1.29 is 9.53 Å². The average Bonchev–Trinajstić information content (AvgIpc) is 2.87. The van der Waals surface area contributed by atoms with Gasteiger partial charge < -0.3 is 10.1 Å². The lowest BCUT2D eigenvalue weighted by molar-refractivity contribution is -0.140. The first-order valence-electron chi connectivity index (χ1n) is 7.44. The van der Waals surface area contributed by atoms with Crippen molar-refractivity contribution in [1.82, 2.24) is 9.88 Å². The highest BCUT2D eigenvalue weighted by molar-refractivity contribution is 7.13. The lowest BCUT2D eigenvalue weighted by Crippen LogP contribution is -2.40. The zero-order valence-electron chi connectivity index (χ0n) is 13.7. The maximum absolute atomic E-state index is 11.1. The first-order valence-corrected chi connectivity index (χ1v) is 8.32. The standard InChI is InChI=1S/C15H27N3O2S/c1-11(2)18(12(3)4)9-8-16-15-17-13(10-21-15)6-7-14(19)20-5/h10-12H,6-9H2,1-5H3,(H,16,17). The van der Waals surface area contributed by atoms with Crippen LogP contribution < -0.4 is 5.32 Å². The molecular formula is C15H27N3O2S. The molecule has 0 spiro atoms. The van der Waals surface area contributed by atoms with Crippen LogP contribution in [-0.4, -0.2) is 48.1 Å². The van der Waals surface area contributed by atoms with Gasteiger partial charge in [0, 0.05) is 37.0 Å². The number of anilines is 1. The van der Waals surface area contributed by atoms with Gasteiger partial charge in [-0.1, -0.05) is 0 Å². The van der Waals surface area contributed by atoms with Gasteiger partial charge in [-0.25, -0.2) is 4.98 Å². The molecule has 21 heavy (non-hydrogen) atoms. The fourth-order valence-electron chi connectivity index (χ4n) is 2.24. The molecule has 0 saturated heterocycles. The van der Waals surface area contributed by atoms with Crippen LogP contribution in [0.3, 0.4) is 0 Å². The minimum Gasteiger partial charge on any atom is -0.469 e. The Morgan fingerprint density at radius 1 is 1.38 bits per heavy atom. The van der Waals surface area contributed by atoms with Crippen molar-refractivity contribution in [2.45, 2.75) is 52.6 Å². The number of esters is 1. The molecule has 0 aliphatic rings. The third kappa shape index (κ3) is 6.44. The Morgan fingerprint density at radius 2 is 2.05 bits per heavy atom. The summed E-state index contributed by atoms with van der Waals surface area (Å²) in [6.45, 7) is 10.7. The first kappa shape index (κ1) is 17.9. The quantitative estimate of drug-likeness (QED) is 0.711. The number of nitrogens with zero attached hydrogens (tertiary/aromatic N) is 2. The topological polar surface area (TPSA) is 54.5 Å². The molecule has 0 bridgehead atoms. The molecule has 0 amide bonds. The van der Waals surface area contributed by atoms with Gasteiger partial charge in [-0.15, -0.1) is 11.3 Å². The molecule has 0 aliphatic carbocycles. The maximum atomic E-state index is 11.1. The minimum atomic E-state index is -0.193. The Kier molecular flexibility index (Phi) is 7.67. The van der Waals surface area contributed by atoms with E-state index in [1.165, 1.54) is 7.11 Å². The Balaban J connectivity index is 2.36. The summed E-state index contributed by atoms with van der Waals surface area (Å²) in [6.07, 6.45) is 1.02. The molecule has 1 N–H and O–H groups in total. The number of nitrogens with one attached hydrogen (secondary N) is 1. The van der Waals surface area contributed by atoms with Crippen molar-refractivity contribution in [2.24, 2.45) is 0 Å². The van der Waals surface area contributed by atoms with Crippen molar-refractivity contribution in [3.8, 4) is 0 Å². The van der Waals surface area contributed by atoms with Gasteiger partial charge in [0.2, 0.25) is 0 Å². The van der Waals surface area contributed by atoms with E-state index in [0.717, 1.165) is 23.9 Å². The molecule has 1 heterocycles. The molecule has 120 valence electrons. The molecule has 0 aliphatic heterocycles. The van der Waals surface area contributed by atoms with Gasteiger partial charge in [0.05, 0.1) is 19.2 Å². The van der Waals surface area contributed by atoms with Crippen LogP contribution >= 0.6 is 11.3 Å². The summed E-state index contributed by atoms with van der Waals surface area (Å²) in [4.78, 5) is 18.0. The number of aromatic nitrogens is 1. The van der Waals surface area contributed by atoms with Gasteiger partial charge in [-0.3, -0.25) is 9.69 Å². The normalized spacial score (nSPS) is 11.4. The van der Waals surface area contributed by atoms with E-state index >= 15 is 0 Å². The fourth-order valence-corrected chi connectivity index (χ4v) is 3.01. The van der Waals surface area contributed by atoms with Gasteiger partial charge in [0.1, 0.15) is 0 Å². The molecule has 0 aromatic carbocycles. The van der Waals surface area contributed by atoms with Crippen LogP contribution in [0.25, 0.3) is 0 Å². The Morgan fingerprint density at radius 3 is 2.62 bits per heavy atom. The largest absolute Gasteiger partial charge is 0.469 e. The van der Waals surface area contributed by atoms with Crippen LogP contribution in [-0.2, 0) is 16.0 Å². The number of rotatable bonds is 9. The van der Waals surface area contributed by atoms with Crippen molar-refractivity contribution in [3.63, 3.8) is 0 Å². The highest BCUT2D eigenvalue weighted by Gasteiger charge is 2.12.